The highest BCUT2D eigenvalue weighted by molar-refractivity contribution is 5.81. The van der Waals surface area contributed by atoms with Crippen molar-refractivity contribution in [3.8, 4) is 5.75 Å². The SMILES string of the molecule is CNC(=O)C1CCCN1CCOc1ccccc1F. The fourth-order valence-corrected chi connectivity index (χ4v) is 2.39. The van der Waals surface area contributed by atoms with Gasteiger partial charge in [-0.15, -0.1) is 0 Å². The Hall–Kier alpha value is -1.62. The van der Waals surface area contributed by atoms with Crippen molar-refractivity contribution in [2.45, 2.75) is 18.9 Å². The van der Waals surface area contributed by atoms with Crippen LogP contribution < -0.4 is 10.1 Å². The summed E-state index contributed by atoms with van der Waals surface area (Å²) in [7, 11) is 1.65. The average molecular weight is 266 g/mol. The van der Waals surface area contributed by atoms with Gasteiger partial charge in [0.15, 0.2) is 11.6 Å². The summed E-state index contributed by atoms with van der Waals surface area (Å²) in [6.45, 7) is 1.90. The zero-order valence-corrected chi connectivity index (χ0v) is 11.1. The van der Waals surface area contributed by atoms with Crippen LogP contribution in [0.5, 0.6) is 5.75 Å². The number of ether oxygens (including phenoxy) is 1. The maximum atomic E-state index is 13.3. The number of likely N-dealkylation sites (tertiary alicyclic amines) is 1. The number of carbonyl (C=O) groups excluding carboxylic acids is 1. The summed E-state index contributed by atoms with van der Waals surface area (Å²) in [4.78, 5) is 13.7. The van der Waals surface area contributed by atoms with E-state index in [2.05, 4.69) is 10.2 Å². The Bertz CT molecular complexity index is 439. The van der Waals surface area contributed by atoms with E-state index in [-0.39, 0.29) is 23.5 Å². The molecule has 0 aliphatic carbocycles. The largest absolute Gasteiger partial charge is 0.489 e. The lowest BCUT2D eigenvalue weighted by molar-refractivity contribution is -0.125. The smallest absolute Gasteiger partial charge is 0.237 e. The van der Waals surface area contributed by atoms with Crippen molar-refractivity contribution in [2.75, 3.05) is 26.7 Å². The van der Waals surface area contributed by atoms with Crippen LogP contribution in [0.1, 0.15) is 12.8 Å². The number of carbonyl (C=O) groups is 1. The first kappa shape index (κ1) is 13.8. The predicted octanol–water partition coefficient (Wildman–Crippen LogP) is 1.41. The first-order valence-electron chi connectivity index (χ1n) is 6.55. The third-order valence-electron chi connectivity index (χ3n) is 3.39. The molecule has 0 saturated carbocycles. The van der Waals surface area contributed by atoms with E-state index in [0.29, 0.717) is 13.2 Å². The molecule has 1 N–H and O–H groups in total. The molecule has 1 atom stereocenters. The van der Waals surface area contributed by atoms with Crippen molar-refractivity contribution >= 4 is 5.91 Å². The Morgan fingerprint density at radius 1 is 1.53 bits per heavy atom. The molecule has 1 heterocycles. The second-order valence-corrected chi connectivity index (χ2v) is 4.59. The van der Waals surface area contributed by atoms with Gasteiger partial charge in [-0.1, -0.05) is 12.1 Å². The summed E-state index contributed by atoms with van der Waals surface area (Å²) in [5.41, 5.74) is 0. The van der Waals surface area contributed by atoms with Gasteiger partial charge in [0.25, 0.3) is 0 Å². The van der Waals surface area contributed by atoms with Crippen molar-refractivity contribution in [3.63, 3.8) is 0 Å². The van der Waals surface area contributed by atoms with E-state index in [4.69, 9.17) is 4.74 Å². The second-order valence-electron chi connectivity index (χ2n) is 4.59. The fourth-order valence-electron chi connectivity index (χ4n) is 2.39. The molecule has 1 aromatic carbocycles. The molecule has 1 unspecified atom stereocenters. The average Bonchev–Trinajstić information content (AvgIpc) is 2.88. The highest BCUT2D eigenvalue weighted by atomic mass is 19.1. The lowest BCUT2D eigenvalue weighted by Gasteiger charge is -2.22. The van der Waals surface area contributed by atoms with Crippen LogP contribution in [0.25, 0.3) is 0 Å². The Labute approximate surface area is 112 Å². The van der Waals surface area contributed by atoms with Crippen LogP contribution in [0.3, 0.4) is 0 Å². The van der Waals surface area contributed by atoms with Crippen molar-refractivity contribution in [3.05, 3.63) is 30.1 Å². The maximum absolute atomic E-state index is 13.3. The molecule has 19 heavy (non-hydrogen) atoms. The molecule has 4 nitrogen and oxygen atoms in total. The van der Waals surface area contributed by atoms with Gasteiger partial charge >= 0.3 is 0 Å². The molecule has 2 rings (SSSR count). The minimum Gasteiger partial charge on any atom is -0.489 e. The molecule has 1 fully saturated rings. The number of halogens is 1. The Kier molecular flexibility index (Phi) is 4.74. The topological polar surface area (TPSA) is 41.6 Å². The number of para-hydroxylation sites is 1. The van der Waals surface area contributed by atoms with Crippen LogP contribution >= 0.6 is 0 Å². The maximum Gasteiger partial charge on any atom is 0.237 e. The standard InChI is InChI=1S/C14H19FN2O2/c1-16-14(18)12-6-4-8-17(12)9-10-19-13-7-3-2-5-11(13)15/h2-3,5,7,12H,4,6,8-10H2,1H3,(H,16,18). The van der Waals surface area contributed by atoms with E-state index in [1.165, 1.54) is 6.07 Å². The van der Waals surface area contributed by atoms with E-state index in [0.717, 1.165) is 19.4 Å². The Morgan fingerprint density at radius 2 is 2.32 bits per heavy atom. The minimum atomic E-state index is -0.355. The zero-order chi connectivity index (χ0) is 13.7. The van der Waals surface area contributed by atoms with Crippen LogP contribution in [0.4, 0.5) is 4.39 Å². The third kappa shape index (κ3) is 3.44. The zero-order valence-electron chi connectivity index (χ0n) is 11.1. The van der Waals surface area contributed by atoms with Gasteiger partial charge in [0.1, 0.15) is 6.61 Å². The van der Waals surface area contributed by atoms with Crippen molar-refractivity contribution in [1.82, 2.24) is 10.2 Å². The van der Waals surface area contributed by atoms with Crippen molar-refractivity contribution < 1.29 is 13.9 Å². The van der Waals surface area contributed by atoms with Gasteiger partial charge < -0.3 is 10.1 Å². The fraction of sp³-hybridized carbons (Fsp3) is 0.500. The Balaban J connectivity index is 1.82. The number of rotatable bonds is 5. The third-order valence-corrected chi connectivity index (χ3v) is 3.39. The molecule has 1 aliphatic rings. The summed E-state index contributed by atoms with van der Waals surface area (Å²) in [6.07, 6.45) is 1.89. The molecular formula is C14H19FN2O2. The van der Waals surface area contributed by atoms with Gasteiger partial charge in [-0.3, -0.25) is 9.69 Å². The number of nitrogens with one attached hydrogen (secondary N) is 1. The highest BCUT2D eigenvalue weighted by Crippen LogP contribution is 2.18. The molecule has 1 aromatic rings. The van der Waals surface area contributed by atoms with E-state index in [1.54, 1.807) is 25.2 Å². The summed E-state index contributed by atoms with van der Waals surface area (Å²) < 4.78 is 18.8. The van der Waals surface area contributed by atoms with Crippen LogP contribution in [0, 0.1) is 5.82 Å². The molecule has 0 radical (unpaired) electrons. The molecular weight excluding hydrogens is 247 g/mol. The number of nitrogens with zero attached hydrogens (tertiary/aromatic N) is 1. The number of hydrogen-bond donors (Lipinski definition) is 1. The van der Waals surface area contributed by atoms with Crippen molar-refractivity contribution in [1.29, 1.82) is 0 Å². The molecule has 0 spiro atoms. The van der Waals surface area contributed by atoms with Crippen LogP contribution in [0.2, 0.25) is 0 Å². The molecule has 0 aromatic heterocycles. The molecule has 0 bridgehead atoms. The quantitative estimate of drug-likeness (QED) is 0.876. The van der Waals surface area contributed by atoms with Crippen LogP contribution in [0.15, 0.2) is 24.3 Å². The second kappa shape index (κ2) is 6.52. The first-order chi connectivity index (χ1) is 9.22. The summed E-state index contributed by atoms with van der Waals surface area (Å²) in [6, 6.07) is 6.27. The molecule has 1 amide bonds. The van der Waals surface area contributed by atoms with E-state index < -0.39 is 0 Å². The molecule has 1 aliphatic heterocycles. The van der Waals surface area contributed by atoms with Gasteiger partial charge in [0.05, 0.1) is 6.04 Å². The van der Waals surface area contributed by atoms with E-state index in [9.17, 15) is 9.18 Å². The number of hydrogen-bond acceptors (Lipinski definition) is 3. The summed E-state index contributed by atoms with van der Waals surface area (Å²) in [5.74, 6) is -0.0478. The first-order valence-corrected chi connectivity index (χ1v) is 6.55. The Morgan fingerprint density at radius 3 is 3.05 bits per heavy atom. The molecule has 104 valence electrons. The number of benzene rings is 1. The number of likely N-dealkylation sites (N-methyl/N-ethyl adjacent to an activating group) is 1. The van der Waals surface area contributed by atoms with Gasteiger partial charge in [0.2, 0.25) is 5.91 Å². The lowest BCUT2D eigenvalue weighted by atomic mass is 10.2. The number of amides is 1. The van der Waals surface area contributed by atoms with Gasteiger partial charge in [-0.2, -0.15) is 0 Å². The van der Waals surface area contributed by atoms with Gasteiger partial charge in [-0.25, -0.2) is 4.39 Å². The highest BCUT2D eigenvalue weighted by Gasteiger charge is 2.29. The summed E-state index contributed by atoms with van der Waals surface area (Å²) in [5, 5.41) is 2.67. The van der Waals surface area contributed by atoms with Crippen molar-refractivity contribution in [2.24, 2.45) is 0 Å². The van der Waals surface area contributed by atoms with Crippen LogP contribution in [-0.2, 0) is 4.79 Å². The lowest BCUT2D eigenvalue weighted by Crippen LogP contribution is -2.43. The van der Waals surface area contributed by atoms with E-state index >= 15 is 0 Å². The van der Waals surface area contributed by atoms with Crippen LogP contribution in [-0.4, -0.2) is 43.6 Å². The summed E-state index contributed by atoms with van der Waals surface area (Å²) >= 11 is 0. The molecule has 1 saturated heterocycles. The van der Waals surface area contributed by atoms with Gasteiger partial charge in [-0.05, 0) is 31.5 Å². The van der Waals surface area contributed by atoms with Gasteiger partial charge in [0, 0.05) is 13.6 Å². The normalized spacial score (nSPS) is 19.4. The molecule has 5 heteroatoms. The van der Waals surface area contributed by atoms with E-state index in [1.807, 2.05) is 0 Å². The minimum absolute atomic E-state index is 0.0448. The predicted molar refractivity (Wildman–Crippen MR) is 70.6 cm³/mol. The monoisotopic (exact) mass is 266 g/mol.